The Morgan fingerprint density at radius 3 is 2.62 bits per heavy atom. The van der Waals surface area contributed by atoms with Gasteiger partial charge in [0.15, 0.2) is 0 Å². The van der Waals surface area contributed by atoms with Crippen molar-refractivity contribution < 1.29 is 14.3 Å². The quantitative estimate of drug-likeness (QED) is 0.713. The molecule has 0 fully saturated rings. The minimum absolute atomic E-state index is 0.203. The van der Waals surface area contributed by atoms with Gasteiger partial charge in [0.25, 0.3) is 0 Å². The van der Waals surface area contributed by atoms with E-state index < -0.39 is 0 Å². The minimum Gasteiger partial charge on any atom is -0.460 e. The van der Waals surface area contributed by atoms with Crippen molar-refractivity contribution in [2.75, 3.05) is 13.7 Å². The Labute approximate surface area is 128 Å². The molecular weight excluding hydrogens is 264 g/mol. The van der Waals surface area contributed by atoms with Gasteiger partial charge in [-0.3, -0.25) is 4.79 Å². The number of hydrogen-bond donors (Lipinski definition) is 0. The second kappa shape index (κ2) is 7.41. The van der Waals surface area contributed by atoms with E-state index in [4.69, 9.17) is 9.47 Å². The molecule has 1 atom stereocenters. The average molecular weight is 290 g/mol. The zero-order valence-electron chi connectivity index (χ0n) is 13.7. The maximum Gasteiger partial charge on any atom is 0.307 e. The van der Waals surface area contributed by atoms with Crippen LogP contribution in [0.15, 0.2) is 30.8 Å². The van der Waals surface area contributed by atoms with Gasteiger partial charge in [-0.1, -0.05) is 50.3 Å². The number of allylic oxidation sites excluding steroid dienone is 1. The number of esters is 1. The number of carbonyl (C=O) groups is 1. The summed E-state index contributed by atoms with van der Waals surface area (Å²) in [5.41, 5.74) is 2.94. The summed E-state index contributed by atoms with van der Waals surface area (Å²) in [5.74, 6) is -0.203. The third-order valence-corrected chi connectivity index (χ3v) is 3.46. The largest absolute Gasteiger partial charge is 0.460 e. The Balaban J connectivity index is 2.78. The van der Waals surface area contributed by atoms with E-state index >= 15 is 0 Å². The Hall–Kier alpha value is -1.61. The monoisotopic (exact) mass is 290 g/mol. The van der Waals surface area contributed by atoms with Crippen LogP contribution in [0.5, 0.6) is 0 Å². The molecule has 0 N–H and O–H groups in total. The summed E-state index contributed by atoms with van der Waals surface area (Å²) in [6, 6.07) is 8.16. The van der Waals surface area contributed by atoms with E-state index in [0.29, 0.717) is 13.0 Å². The van der Waals surface area contributed by atoms with Gasteiger partial charge < -0.3 is 9.47 Å². The van der Waals surface area contributed by atoms with Crippen molar-refractivity contribution in [3.05, 3.63) is 42.0 Å². The highest BCUT2D eigenvalue weighted by Crippen LogP contribution is 2.29. The molecule has 0 aliphatic carbocycles. The second-order valence-corrected chi connectivity index (χ2v) is 6.18. The van der Waals surface area contributed by atoms with Gasteiger partial charge in [-0.05, 0) is 25.0 Å². The zero-order valence-corrected chi connectivity index (χ0v) is 13.7. The number of benzene rings is 1. The molecule has 21 heavy (non-hydrogen) atoms. The number of carbonyl (C=O) groups excluding carboxylic acids is 1. The highest BCUT2D eigenvalue weighted by molar-refractivity contribution is 5.72. The predicted molar refractivity (Wildman–Crippen MR) is 86.2 cm³/mol. The van der Waals surface area contributed by atoms with Gasteiger partial charge in [-0.2, -0.15) is 0 Å². The van der Waals surface area contributed by atoms with Gasteiger partial charge in [0, 0.05) is 12.5 Å². The van der Waals surface area contributed by atoms with Gasteiger partial charge in [0.05, 0.1) is 13.0 Å². The van der Waals surface area contributed by atoms with Crippen LogP contribution in [-0.4, -0.2) is 25.8 Å². The highest BCUT2D eigenvalue weighted by atomic mass is 16.6. The lowest BCUT2D eigenvalue weighted by atomic mass is 9.80. The first-order valence-corrected chi connectivity index (χ1v) is 7.21. The SMILES string of the molecule is C=C(C)c1cccc(C(C)(C)CC(=O)OC(C)COC)c1. The van der Waals surface area contributed by atoms with E-state index in [1.54, 1.807) is 7.11 Å². The molecule has 3 nitrogen and oxygen atoms in total. The van der Waals surface area contributed by atoms with Crippen molar-refractivity contribution in [2.45, 2.75) is 45.6 Å². The first-order valence-electron chi connectivity index (χ1n) is 7.21. The molecule has 0 bridgehead atoms. The smallest absolute Gasteiger partial charge is 0.307 e. The van der Waals surface area contributed by atoms with Crippen molar-refractivity contribution in [1.82, 2.24) is 0 Å². The summed E-state index contributed by atoms with van der Waals surface area (Å²) >= 11 is 0. The lowest BCUT2D eigenvalue weighted by Crippen LogP contribution is -2.27. The van der Waals surface area contributed by atoms with Gasteiger partial charge in [-0.15, -0.1) is 0 Å². The lowest BCUT2D eigenvalue weighted by Gasteiger charge is -2.25. The van der Waals surface area contributed by atoms with Crippen LogP contribution in [0.3, 0.4) is 0 Å². The van der Waals surface area contributed by atoms with E-state index in [2.05, 4.69) is 12.6 Å². The van der Waals surface area contributed by atoms with Crippen molar-refractivity contribution in [1.29, 1.82) is 0 Å². The molecule has 0 spiro atoms. The minimum atomic E-state index is -0.282. The summed E-state index contributed by atoms with van der Waals surface area (Å²) in [5, 5.41) is 0. The fourth-order valence-corrected chi connectivity index (χ4v) is 2.20. The maximum atomic E-state index is 12.0. The summed E-state index contributed by atoms with van der Waals surface area (Å²) < 4.78 is 10.3. The van der Waals surface area contributed by atoms with Crippen molar-refractivity contribution in [3.63, 3.8) is 0 Å². The normalized spacial score (nSPS) is 12.8. The van der Waals surface area contributed by atoms with Crippen LogP contribution in [0.25, 0.3) is 5.57 Å². The lowest BCUT2D eigenvalue weighted by molar-refractivity contribution is -0.151. The topological polar surface area (TPSA) is 35.5 Å². The van der Waals surface area contributed by atoms with Gasteiger partial charge in [0.1, 0.15) is 6.10 Å². The predicted octanol–water partition coefficient (Wildman–Crippen LogP) is 3.97. The maximum absolute atomic E-state index is 12.0. The van der Waals surface area contributed by atoms with Crippen molar-refractivity contribution in [3.8, 4) is 0 Å². The van der Waals surface area contributed by atoms with Crippen molar-refractivity contribution in [2.24, 2.45) is 0 Å². The van der Waals surface area contributed by atoms with E-state index in [1.165, 1.54) is 0 Å². The third kappa shape index (κ3) is 5.35. The average Bonchev–Trinajstić information content (AvgIpc) is 2.38. The zero-order chi connectivity index (χ0) is 16.0. The standard InChI is InChI=1S/C18H26O3/c1-13(2)15-8-7-9-16(10-15)18(4,5)11-17(19)21-14(3)12-20-6/h7-10,14H,1,11-12H2,2-6H3. The molecule has 1 aromatic rings. The molecule has 0 saturated carbocycles. The van der Waals surface area contributed by atoms with Crippen LogP contribution in [-0.2, 0) is 19.7 Å². The van der Waals surface area contributed by atoms with Crippen LogP contribution < -0.4 is 0 Å². The number of hydrogen-bond acceptors (Lipinski definition) is 3. The van der Waals surface area contributed by atoms with Gasteiger partial charge >= 0.3 is 5.97 Å². The molecule has 0 heterocycles. The van der Waals surface area contributed by atoms with E-state index in [0.717, 1.165) is 16.7 Å². The first-order chi connectivity index (χ1) is 9.76. The molecule has 116 valence electrons. The molecule has 0 amide bonds. The number of methoxy groups -OCH3 is 1. The molecule has 0 aliphatic rings. The molecule has 0 saturated heterocycles. The molecule has 3 heteroatoms. The van der Waals surface area contributed by atoms with E-state index in [-0.39, 0.29) is 17.5 Å². The molecule has 1 unspecified atom stereocenters. The molecule has 0 aromatic heterocycles. The molecular formula is C18H26O3. The fourth-order valence-electron chi connectivity index (χ4n) is 2.20. The summed E-state index contributed by atoms with van der Waals surface area (Å²) in [7, 11) is 1.59. The van der Waals surface area contributed by atoms with Crippen LogP contribution >= 0.6 is 0 Å². The van der Waals surface area contributed by atoms with E-state index in [9.17, 15) is 4.79 Å². The molecule has 1 aromatic carbocycles. The molecule has 0 radical (unpaired) electrons. The Kier molecular flexibility index (Phi) is 6.16. The first kappa shape index (κ1) is 17.4. The number of ether oxygens (including phenoxy) is 2. The summed E-state index contributed by atoms with van der Waals surface area (Å²) in [6.07, 6.45) is 0.112. The summed E-state index contributed by atoms with van der Waals surface area (Å²) in [6.45, 7) is 12.3. The number of rotatable bonds is 7. The fraction of sp³-hybridized carbons (Fsp3) is 0.500. The highest BCUT2D eigenvalue weighted by Gasteiger charge is 2.26. The molecule has 0 aliphatic heterocycles. The third-order valence-electron chi connectivity index (χ3n) is 3.46. The Morgan fingerprint density at radius 2 is 2.05 bits per heavy atom. The second-order valence-electron chi connectivity index (χ2n) is 6.18. The van der Waals surface area contributed by atoms with Crippen molar-refractivity contribution >= 4 is 11.5 Å². The Bertz CT molecular complexity index is 503. The molecule has 1 rings (SSSR count). The summed E-state index contributed by atoms with van der Waals surface area (Å²) in [4.78, 5) is 12.0. The van der Waals surface area contributed by atoms with Crippen LogP contribution in [0, 0.1) is 0 Å². The van der Waals surface area contributed by atoms with Gasteiger partial charge in [0.2, 0.25) is 0 Å². The van der Waals surface area contributed by atoms with Crippen LogP contribution in [0.4, 0.5) is 0 Å². The van der Waals surface area contributed by atoms with Crippen LogP contribution in [0.1, 0.15) is 45.2 Å². The van der Waals surface area contributed by atoms with Crippen LogP contribution in [0.2, 0.25) is 0 Å². The Morgan fingerprint density at radius 1 is 1.38 bits per heavy atom. The van der Waals surface area contributed by atoms with E-state index in [1.807, 2.05) is 45.9 Å². The van der Waals surface area contributed by atoms with Gasteiger partial charge in [-0.25, -0.2) is 0 Å².